The highest BCUT2D eigenvalue weighted by molar-refractivity contribution is 5.77. The summed E-state index contributed by atoms with van der Waals surface area (Å²) in [5.41, 5.74) is 0.857. The minimum Gasteiger partial charge on any atom is -0.338 e. The molecule has 4 rings (SSSR count). The smallest absolute Gasteiger partial charge is 0.223 e. The summed E-state index contributed by atoms with van der Waals surface area (Å²) < 4.78 is 0. The van der Waals surface area contributed by atoms with Crippen LogP contribution in [0.5, 0.6) is 0 Å². The third kappa shape index (κ3) is 3.92. The van der Waals surface area contributed by atoms with Gasteiger partial charge in [-0.3, -0.25) is 9.78 Å². The Labute approximate surface area is 153 Å². The van der Waals surface area contributed by atoms with Crippen molar-refractivity contribution in [2.75, 3.05) is 6.54 Å². The standard InChI is InChI=1S/C19H26N6O/c26-18(12-15-6-2-1-3-7-15)24-11-5-9-17(24)14-25-22-19(21-23-25)16-8-4-10-20-13-16/h4,8,10,13,15,17H,1-3,5-7,9,11-12,14H2/t17-/m0/s1. The molecule has 1 amide bonds. The minimum atomic E-state index is 0.182. The zero-order valence-corrected chi connectivity index (χ0v) is 15.1. The second-order valence-electron chi connectivity index (χ2n) is 7.50. The molecule has 1 saturated carbocycles. The fraction of sp³-hybridized carbons (Fsp3) is 0.632. The van der Waals surface area contributed by atoms with Gasteiger partial charge in [0.25, 0.3) is 0 Å². The Hall–Kier alpha value is -2.31. The number of rotatable bonds is 5. The number of hydrogen-bond acceptors (Lipinski definition) is 5. The van der Waals surface area contributed by atoms with E-state index in [-0.39, 0.29) is 6.04 Å². The lowest BCUT2D eigenvalue weighted by atomic mass is 9.86. The van der Waals surface area contributed by atoms with E-state index in [1.54, 1.807) is 17.2 Å². The average Bonchev–Trinajstić information content (AvgIpc) is 3.33. The molecular weight excluding hydrogens is 328 g/mol. The summed E-state index contributed by atoms with van der Waals surface area (Å²) in [5.74, 6) is 1.47. The maximum absolute atomic E-state index is 12.8. The lowest BCUT2D eigenvalue weighted by Crippen LogP contribution is -2.39. The van der Waals surface area contributed by atoms with E-state index in [1.807, 2.05) is 12.1 Å². The summed E-state index contributed by atoms with van der Waals surface area (Å²) in [4.78, 5) is 20.6. The Balaban J connectivity index is 1.38. The summed E-state index contributed by atoms with van der Waals surface area (Å²) >= 11 is 0. The van der Waals surface area contributed by atoms with Gasteiger partial charge in [-0.2, -0.15) is 4.80 Å². The Kier molecular flexibility index (Phi) is 5.22. The molecule has 1 aliphatic carbocycles. The van der Waals surface area contributed by atoms with Crippen LogP contribution in [-0.4, -0.2) is 48.6 Å². The Morgan fingerprint density at radius 1 is 1.15 bits per heavy atom. The van der Waals surface area contributed by atoms with E-state index in [1.165, 1.54) is 32.1 Å². The summed E-state index contributed by atoms with van der Waals surface area (Å²) in [5, 5.41) is 12.8. The third-order valence-corrected chi connectivity index (χ3v) is 5.63. The van der Waals surface area contributed by atoms with Crippen molar-refractivity contribution >= 4 is 5.91 Å². The largest absolute Gasteiger partial charge is 0.338 e. The number of carbonyl (C=O) groups excluding carboxylic acids is 1. The first-order chi connectivity index (χ1) is 12.8. The van der Waals surface area contributed by atoms with Crippen molar-refractivity contribution in [3.05, 3.63) is 24.5 Å². The van der Waals surface area contributed by atoms with Crippen LogP contribution in [0.15, 0.2) is 24.5 Å². The van der Waals surface area contributed by atoms with Crippen LogP contribution in [-0.2, 0) is 11.3 Å². The van der Waals surface area contributed by atoms with E-state index in [0.717, 1.165) is 24.9 Å². The Bertz CT molecular complexity index is 725. The van der Waals surface area contributed by atoms with E-state index >= 15 is 0 Å². The normalized spacial score (nSPS) is 21.2. The Morgan fingerprint density at radius 2 is 2.04 bits per heavy atom. The van der Waals surface area contributed by atoms with Crippen molar-refractivity contribution in [3.8, 4) is 11.4 Å². The minimum absolute atomic E-state index is 0.182. The fourth-order valence-corrected chi connectivity index (χ4v) is 4.23. The molecule has 0 unspecified atom stereocenters. The number of aromatic nitrogens is 5. The van der Waals surface area contributed by atoms with Gasteiger partial charge in [-0.25, -0.2) is 0 Å². The number of hydrogen-bond donors (Lipinski definition) is 0. The number of likely N-dealkylation sites (tertiary alicyclic amines) is 1. The molecule has 0 radical (unpaired) electrons. The van der Waals surface area contributed by atoms with Gasteiger partial charge in [0.2, 0.25) is 11.7 Å². The molecule has 2 fully saturated rings. The van der Waals surface area contributed by atoms with E-state index in [9.17, 15) is 4.79 Å². The molecule has 2 aromatic rings. The van der Waals surface area contributed by atoms with Crippen LogP contribution >= 0.6 is 0 Å². The van der Waals surface area contributed by atoms with Gasteiger partial charge in [0.05, 0.1) is 12.6 Å². The van der Waals surface area contributed by atoms with Gasteiger partial charge in [-0.1, -0.05) is 19.3 Å². The lowest BCUT2D eigenvalue weighted by molar-refractivity contribution is -0.133. The number of carbonyl (C=O) groups is 1. The topological polar surface area (TPSA) is 76.8 Å². The first kappa shape index (κ1) is 17.1. The van der Waals surface area contributed by atoms with Crippen LogP contribution in [0.4, 0.5) is 0 Å². The van der Waals surface area contributed by atoms with Crippen molar-refractivity contribution in [3.63, 3.8) is 0 Å². The van der Waals surface area contributed by atoms with Crippen molar-refractivity contribution < 1.29 is 4.79 Å². The molecule has 0 spiro atoms. The third-order valence-electron chi connectivity index (χ3n) is 5.63. The van der Waals surface area contributed by atoms with Crippen molar-refractivity contribution in [2.45, 2.75) is 64.0 Å². The van der Waals surface area contributed by atoms with Gasteiger partial charge in [-0.05, 0) is 48.9 Å². The second kappa shape index (κ2) is 7.93. The SMILES string of the molecule is O=C(CC1CCCCC1)N1CCC[C@H]1Cn1nnc(-c2cccnc2)n1. The summed E-state index contributed by atoms with van der Waals surface area (Å²) in [6.07, 6.45) is 12.6. The van der Waals surface area contributed by atoms with Gasteiger partial charge in [-0.15, -0.1) is 10.2 Å². The van der Waals surface area contributed by atoms with E-state index in [0.29, 0.717) is 30.6 Å². The van der Waals surface area contributed by atoms with Crippen LogP contribution < -0.4 is 0 Å². The first-order valence-corrected chi connectivity index (χ1v) is 9.77. The van der Waals surface area contributed by atoms with Crippen LogP contribution in [0, 0.1) is 5.92 Å². The lowest BCUT2D eigenvalue weighted by Gasteiger charge is -2.27. The molecule has 1 atom stereocenters. The van der Waals surface area contributed by atoms with Crippen LogP contribution in [0.25, 0.3) is 11.4 Å². The van der Waals surface area contributed by atoms with Crippen molar-refractivity contribution in [1.29, 1.82) is 0 Å². The summed E-state index contributed by atoms with van der Waals surface area (Å²) in [6, 6.07) is 3.96. The highest BCUT2D eigenvalue weighted by atomic mass is 16.2. The van der Waals surface area contributed by atoms with Crippen LogP contribution in [0.2, 0.25) is 0 Å². The number of nitrogens with zero attached hydrogens (tertiary/aromatic N) is 6. The molecule has 7 heteroatoms. The zero-order valence-electron chi connectivity index (χ0n) is 15.1. The molecule has 3 heterocycles. The monoisotopic (exact) mass is 354 g/mol. The molecule has 1 saturated heterocycles. The molecule has 2 aliphatic rings. The molecule has 0 N–H and O–H groups in total. The molecule has 0 aromatic carbocycles. The maximum Gasteiger partial charge on any atom is 0.223 e. The molecule has 7 nitrogen and oxygen atoms in total. The van der Waals surface area contributed by atoms with Crippen molar-refractivity contribution in [1.82, 2.24) is 30.1 Å². The summed E-state index contributed by atoms with van der Waals surface area (Å²) in [6.45, 7) is 1.48. The molecule has 138 valence electrons. The molecule has 0 bridgehead atoms. The Morgan fingerprint density at radius 3 is 2.85 bits per heavy atom. The first-order valence-electron chi connectivity index (χ1n) is 9.77. The molecule has 26 heavy (non-hydrogen) atoms. The molecule has 2 aromatic heterocycles. The van der Waals surface area contributed by atoms with Crippen molar-refractivity contribution in [2.24, 2.45) is 5.92 Å². The highest BCUT2D eigenvalue weighted by Crippen LogP contribution is 2.28. The molecule has 1 aliphatic heterocycles. The van der Waals surface area contributed by atoms with Gasteiger partial charge in [0.1, 0.15) is 0 Å². The zero-order chi connectivity index (χ0) is 17.8. The van der Waals surface area contributed by atoms with Crippen LogP contribution in [0.3, 0.4) is 0 Å². The molecular formula is C19H26N6O. The van der Waals surface area contributed by atoms with E-state index in [4.69, 9.17) is 0 Å². The highest BCUT2D eigenvalue weighted by Gasteiger charge is 2.31. The predicted molar refractivity (Wildman–Crippen MR) is 97.0 cm³/mol. The quantitative estimate of drug-likeness (QED) is 0.825. The summed E-state index contributed by atoms with van der Waals surface area (Å²) in [7, 11) is 0. The van der Waals surface area contributed by atoms with E-state index < -0.39 is 0 Å². The van der Waals surface area contributed by atoms with E-state index in [2.05, 4.69) is 25.3 Å². The fourth-order valence-electron chi connectivity index (χ4n) is 4.23. The van der Waals surface area contributed by atoms with Gasteiger partial charge in [0, 0.05) is 30.9 Å². The number of tetrazole rings is 1. The average molecular weight is 354 g/mol. The van der Waals surface area contributed by atoms with Crippen LogP contribution in [0.1, 0.15) is 51.4 Å². The maximum atomic E-state index is 12.8. The second-order valence-corrected chi connectivity index (χ2v) is 7.50. The number of amides is 1. The van der Waals surface area contributed by atoms with Gasteiger partial charge >= 0.3 is 0 Å². The number of pyridine rings is 1. The van der Waals surface area contributed by atoms with Gasteiger partial charge in [0.15, 0.2) is 0 Å². The van der Waals surface area contributed by atoms with Gasteiger partial charge < -0.3 is 4.90 Å². The predicted octanol–water partition coefficient (Wildman–Crippen LogP) is 2.70.